The SMILES string of the molecule is C=C(C)CCC=C(C)NNS(=O)(=O)c1ccc(C)cc1. The van der Waals surface area contributed by atoms with E-state index in [0.717, 1.165) is 29.7 Å². The summed E-state index contributed by atoms with van der Waals surface area (Å²) in [5.74, 6) is 0. The molecule has 0 atom stereocenters. The quantitative estimate of drug-likeness (QED) is 0.600. The van der Waals surface area contributed by atoms with E-state index in [4.69, 9.17) is 0 Å². The zero-order valence-corrected chi connectivity index (χ0v) is 13.0. The average molecular weight is 294 g/mol. The Kier molecular flexibility index (Phi) is 5.98. The van der Waals surface area contributed by atoms with E-state index in [1.54, 1.807) is 24.3 Å². The molecular weight excluding hydrogens is 272 g/mol. The molecule has 1 aromatic carbocycles. The molecule has 0 aliphatic heterocycles. The van der Waals surface area contributed by atoms with E-state index in [1.807, 2.05) is 26.8 Å². The van der Waals surface area contributed by atoms with Crippen molar-refractivity contribution in [2.75, 3.05) is 0 Å². The van der Waals surface area contributed by atoms with Gasteiger partial charge in [-0.3, -0.25) is 0 Å². The predicted molar refractivity (Wildman–Crippen MR) is 82.4 cm³/mol. The van der Waals surface area contributed by atoms with Crippen LogP contribution < -0.4 is 10.3 Å². The summed E-state index contributed by atoms with van der Waals surface area (Å²) in [5, 5.41) is 0. The maximum atomic E-state index is 12.0. The van der Waals surface area contributed by atoms with Crippen LogP contribution in [0.2, 0.25) is 0 Å². The molecule has 110 valence electrons. The fraction of sp³-hybridized carbons (Fsp3) is 0.333. The minimum Gasteiger partial charge on any atom is -0.313 e. The van der Waals surface area contributed by atoms with Crippen molar-refractivity contribution in [2.24, 2.45) is 0 Å². The van der Waals surface area contributed by atoms with Crippen molar-refractivity contribution in [3.63, 3.8) is 0 Å². The van der Waals surface area contributed by atoms with E-state index in [9.17, 15) is 8.42 Å². The summed E-state index contributed by atoms with van der Waals surface area (Å²) < 4.78 is 24.0. The van der Waals surface area contributed by atoms with Gasteiger partial charge in [0.15, 0.2) is 0 Å². The Labute approximate surface area is 121 Å². The number of benzene rings is 1. The van der Waals surface area contributed by atoms with Gasteiger partial charge in [0.1, 0.15) is 0 Å². The summed E-state index contributed by atoms with van der Waals surface area (Å²) >= 11 is 0. The van der Waals surface area contributed by atoms with E-state index in [2.05, 4.69) is 16.8 Å². The highest BCUT2D eigenvalue weighted by Gasteiger charge is 2.12. The molecule has 0 aliphatic carbocycles. The highest BCUT2D eigenvalue weighted by atomic mass is 32.2. The van der Waals surface area contributed by atoms with Crippen molar-refractivity contribution in [1.29, 1.82) is 0 Å². The van der Waals surface area contributed by atoms with Crippen molar-refractivity contribution < 1.29 is 8.42 Å². The molecule has 1 rings (SSSR count). The lowest BCUT2D eigenvalue weighted by Gasteiger charge is -2.10. The predicted octanol–water partition coefficient (Wildman–Crippen LogP) is 3.04. The number of hydrazine groups is 1. The average Bonchev–Trinajstić information content (AvgIpc) is 2.36. The lowest BCUT2D eigenvalue weighted by molar-refractivity contribution is 0.570. The number of sulfonamides is 1. The fourth-order valence-electron chi connectivity index (χ4n) is 1.51. The Balaban J connectivity index is 2.59. The molecule has 0 bridgehead atoms. The summed E-state index contributed by atoms with van der Waals surface area (Å²) in [6.45, 7) is 9.52. The van der Waals surface area contributed by atoms with Gasteiger partial charge in [0.2, 0.25) is 0 Å². The fourth-order valence-corrected chi connectivity index (χ4v) is 2.42. The van der Waals surface area contributed by atoms with Gasteiger partial charge in [-0.15, -0.1) is 11.4 Å². The van der Waals surface area contributed by atoms with Crippen LogP contribution in [-0.2, 0) is 10.0 Å². The van der Waals surface area contributed by atoms with Crippen LogP contribution in [0.1, 0.15) is 32.3 Å². The number of aryl methyl sites for hydroxylation is 1. The molecule has 0 aromatic heterocycles. The van der Waals surface area contributed by atoms with E-state index in [-0.39, 0.29) is 4.90 Å². The van der Waals surface area contributed by atoms with Gasteiger partial charge in [-0.1, -0.05) is 29.3 Å². The maximum absolute atomic E-state index is 12.0. The third-order valence-electron chi connectivity index (χ3n) is 2.74. The van der Waals surface area contributed by atoms with Gasteiger partial charge in [0, 0.05) is 5.70 Å². The van der Waals surface area contributed by atoms with Gasteiger partial charge in [0.25, 0.3) is 10.0 Å². The first-order valence-corrected chi connectivity index (χ1v) is 7.95. The molecule has 0 saturated heterocycles. The number of hydrogen-bond donors (Lipinski definition) is 2. The first kappa shape index (κ1) is 16.5. The lowest BCUT2D eigenvalue weighted by atomic mass is 10.2. The Morgan fingerprint density at radius 2 is 1.85 bits per heavy atom. The molecule has 0 heterocycles. The van der Waals surface area contributed by atoms with Crippen LogP contribution in [-0.4, -0.2) is 8.42 Å². The van der Waals surface area contributed by atoms with Gasteiger partial charge in [0.05, 0.1) is 4.90 Å². The standard InChI is InChI=1S/C15H22N2O2S/c1-12(2)6-5-7-14(4)16-17-20(18,19)15-10-8-13(3)9-11-15/h7-11,16-17H,1,5-6H2,2-4H3. The zero-order valence-electron chi connectivity index (χ0n) is 12.2. The zero-order chi connectivity index (χ0) is 15.2. The van der Waals surface area contributed by atoms with Crippen LogP contribution in [0.5, 0.6) is 0 Å². The number of hydrogen-bond acceptors (Lipinski definition) is 3. The van der Waals surface area contributed by atoms with Gasteiger partial charge >= 0.3 is 0 Å². The first-order chi connectivity index (χ1) is 9.31. The molecule has 5 heteroatoms. The normalized spacial score (nSPS) is 12.2. The van der Waals surface area contributed by atoms with Gasteiger partial charge in [-0.2, -0.15) is 0 Å². The van der Waals surface area contributed by atoms with Crippen molar-refractivity contribution in [3.8, 4) is 0 Å². The lowest BCUT2D eigenvalue weighted by Crippen LogP contribution is -2.36. The summed E-state index contributed by atoms with van der Waals surface area (Å²) in [4.78, 5) is 2.61. The van der Waals surface area contributed by atoms with E-state index in [0.29, 0.717) is 0 Å². The molecule has 20 heavy (non-hydrogen) atoms. The summed E-state index contributed by atoms with van der Waals surface area (Å²) in [5.41, 5.74) is 5.60. The van der Waals surface area contributed by atoms with Crippen molar-refractivity contribution in [2.45, 2.75) is 38.5 Å². The van der Waals surface area contributed by atoms with E-state index in [1.165, 1.54) is 0 Å². The van der Waals surface area contributed by atoms with Crippen molar-refractivity contribution >= 4 is 10.0 Å². The van der Waals surface area contributed by atoms with Gasteiger partial charge in [-0.25, -0.2) is 8.42 Å². The van der Waals surface area contributed by atoms with Crippen LogP contribution >= 0.6 is 0 Å². The highest BCUT2D eigenvalue weighted by molar-refractivity contribution is 7.89. The van der Waals surface area contributed by atoms with Crippen molar-refractivity contribution in [1.82, 2.24) is 10.3 Å². The third kappa shape index (κ3) is 5.59. The minimum absolute atomic E-state index is 0.241. The number of allylic oxidation sites excluding steroid dienone is 3. The Morgan fingerprint density at radius 1 is 1.25 bits per heavy atom. The highest BCUT2D eigenvalue weighted by Crippen LogP contribution is 2.09. The largest absolute Gasteiger partial charge is 0.313 e. The smallest absolute Gasteiger partial charge is 0.257 e. The van der Waals surface area contributed by atoms with Crippen LogP contribution in [0.15, 0.2) is 53.1 Å². The summed E-state index contributed by atoms with van der Waals surface area (Å²) in [7, 11) is -3.53. The molecule has 0 spiro atoms. The van der Waals surface area contributed by atoms with Gasteiger partial charge in [-0.05, 0) is 45.7 Å². The maximum Gasteiger partial charge on any atom is 0.257 e. The second kappa shape index (κ2) is 7.26. The van der Waals surface area contributed by atoms with Crippen LogP contribution in [0, 0.1) is 6.92 Å². The molecule has 0 saturated carbocycles. The van der Waals surface area contributed by atoms with E-state index < -0.39 is 10.0 Å². The molecular formula is C15H22N2O2S. The second-order valence-electron chi connectivity index (χ2n) is 4.93. The van der Waals surface area contributed by atoms with E-state index >= 15 is 0 Å². The van der Waals surface area contributed by atoms with Crippen LogP contribution in [0.4, 0.5) is 0 Å². The van der Waals surface area contributed by atoms with Gasteiger partial charge < -0.3 is 5.43 Å². The number of rotatable bonds is 7. The topological polar surface area (TPSA) is 58.2 Å². The molecule has 1 aromatic rings. The summed E-state index contributed by atoms with van der Waals surface area (Å²) in [6, 6.07) is 6.70. The van der Waals surface area contributed by atoms with Crippen LogP contribution in [0.3, 0.4) is 0 Å². The molecule has 0 aliphatic rings. The summed E-state index contributed by atoms with van der Waals surface area (Å²) in [6.07, 6.45) is 3.66. The Morgan fingerprint density at radius 3 is 2.40 bits per heavy atom. The van der Waals surface area contributed by atoms with Crippen LogP contribution in [0.25, 0.3) is 0 Å². The monoisotopic (exact) mass is 294 g/mol. The molecule has 2 N–H and O–H groups in total. The number of nitrogens with one attached hydrogen (secondary N) is 2. The minimum atomic E-state index is -3.53. The molecule has 0 amide bonds. The molecule has 4 nitrogen and oxygen atoms in total. The Hall–Kier alpha value is -1.59. The van der Waals surface area contributed by atoms with Crippen molar-refractivity contribution in [3.05, 3.63) is 53.8 Å². The second-order valence-corrected chi connectivity index (χ2v) is 6.61. The molecule has 0 radical (unpaired) electrons. The molecule has 0 unspecified atom stereocenters. The Bertz CT molecular complexity index is 587. The first-order valence-electron chi connectivity index (χ1n) is 6.47. The molecule has 0 fully saturated rings. The third-order valence-corrected chi connectivity index (χ3v) is 4.00.